The molecule has 0 saturated carbocycles. The third kappa shape index (κ3) is 2.01. The van der Waals surface area contributed by atoms with Gasteiger partial charge in [-0.05, 0) is 18.6 Å². The van der Waals surface area contributed by atoms with Gasteiger partial charge in [0.05, 0.1) is 7.11 Å². The zero-order valence-electron chi connectivity index (χ0n) is 7.43. The second-order valence-electron chi connectivity index (χ2n) is 2.67. The minimum Gasteiger partial charge on any atom is -0.496 e. The van der Waals surface area contributed by atoms with Crippen LogP contribution >= 0.6 is 15.9 Å². The zero-order chi connectivity index (χ0) is 8.97. The molecule has 0 radical (unpaired) electrons. The summed E-state index contributed by atoms with van der Waals surface area (Å²) in [5.41, 5.74) is 1.27. The number of halogens is 1. The van der Waals surface area contributed by atoms with Crippen LogP contribution in [0, 0.1) is 0 Å². The maximum absolute atomic E-state index is 5.25. The summed E-state index contributed by atoms with van der Waals surface area (Å²) < 4.78 is 6.39. The Morgan fingerprint density at radius 1 is 1.42 bits per heavy atom. The maximum Gasteiger partial charge on any atom is 0.123 e. The molecule has 0 heterocycles. The molecule has 12 heavy (non-hydrogen) atoms. The van der Waals surface area contributed by atoms with Crippen LogP contribution in [0.2, 0.25) is 0 Å². The lowest BCUT2D eigenvalue weighted by Gasteiger charge is -2.08. The van der Waals surface area contributed by atoms with Crippen molar-refractivity contribution in [3.05, 3.63) is 28.2 Å². The van der Waals surface area contributed by atoms with Crippen LogP contribution in [-0.2, 0) is 6.42 Å². The Morgan fingerprint density at radius 3 is 2.75 bits per heavy atom. The van der Waals surface area contributed by atoms with Crippen LogP contribution in [0.1, 0.15) is 18.9 Å². The molecular weight excluding hydrogens is 216 g/mol. The van der Waals surface area contributed by atoms with Gasteiger partial charge in [0, 0.05) is 10.0 Å². The van der Waals surface area contributed by atoms with Crippen molar-refractivity contribution >= 4 is 15.9 Å². The molecule has 0 aliphatic carbocycles. The van der Waals surface area contributed by atoms with Gasteiger partial charge in [-0.3, -0.25) is 0 Å². The van der Waals surface area contributed by atoms with Crippen LogP contribution in [-0.4, -0.2) is 7.11 Å². The molecule has 1 aromatic rings. The van der Waals surface area contributed by atoms with Gasteiger partial charge in [-0.25, -0.2) is 0 Å². The average molecular weight is 229 g/mol. The van der Waals surface area contributed by atoms with Crippen molar-refractivity contribution in [2.24, 2.45) is 0 Å². The number of benzene rings is 1. The van der Waals surface area contributed by atoms with Crippen LogP contribution in [0.25, 0.3) is 0 Å². The molecule has 2 heteroatoms. The van der Waals surface area contributed by atoms with Gasteiger partial charge in [0.2, 0.25) is 0 Å². The van der Waals surface area contributed by atoms with E-state index in [1.54, 1.807) is 7.11 Å². The zero-order valence-corrected chi connectivity index (χ0v) is 9.02. The summed E-state index contributed by atoms with van der Waals surface area (Å²) in [5, 5.41) is 0. The highest BCUT2D eigenvalue weighted by atomic mass is 79.9. The molecule has 0 spiro atoms. The molecule has 0 N–H and O–H groups in total. The van der Waals surface area contributed by atoms with E-state index in [1.807, 2.05) is 18.2 Å². The standard InChI is InChI=1S/C10H13BrO/c1-3-5-8-9(11)6-4-7-10(8)12-2/h4,6-7H,3,5H2,1-2H3. The van der Waals surface area contributed by atoms with E-state index in [1.165, 1.54) is 5.56 Å². The summed E-state index contributed by atoms with van der Waals surface area (Å²) in [5.74, 6) is 0.978. The highest BCUT2D eigenvalue weighted by Gasteiger charge is 2.04. The average Bonchev–Trinajstić information content (AvgIpc) is 2.09. The smallest absolute Gasteiger partial charge is 0.123 e. The van der Waals surface area contributed by atoms with E-state index in [0.717, 1.165) is 23.1 Å². The van der Waals surface area contributed by atoms with Gasteiger partial charge in [-0.1, -0.05) is 35.3 Å². The van der Waals surface area contributed by atoms with Crippen molar-refractivity contribution in [3.63, 3.8) is 0 Å². The van der Waals surface area contributed by atoms with Crippen molar-refractivity contribution < 1.29 is 4.74 Å². The van der Waals surface area contributed by atoms with Crippen LogP contribution in [0.5, 0.6) is 5.75 Å². The topological polar surface area (TPSA) is 9.23 Å². The molecule has 0 atom stereocenters. The Labute approximate surface area is 81.9 Å². The lowest BCUT2D eigenvalue weighted by Crippen LogP contribution is -1.92. The van der Waals surface area contributed by atoms with Crippen LogP contribution in [0.15, 0.2) is 22.7 Å². The SMILES string of the molecule is CCCc1c(Br)cccc1OC. The van der Waals surface area contributed by atoms with E-state index in [-0.39, 0.29) is 0 Å². The number of hydrogen-bond donors (Lipinski definition) is 0. The molecule has 0 unspecified atom stereocenters. The number of ether oxygens (including phenoxy) is 1. The minimum absolute atomic E-state index is 0.978. The summed E-state index contributed by atoms with van der Waals surface area (Å²) in [4.78, 5) is 0. The first kappa shape index (κ1) is 9.59. The first-order chi connectivity index (χ1) is 5.79. The van der Waals surface area contributed by atoms with Gasteiger partial charge in [-0.15, -0.1) is 0 Å². The summed E-state index contributed by atoms with van der Waals surface area (Å²) in [7, 11) is 1.71. The van der Waals surface area contributed by atoms with Gasteiger partial charge in [0.1, 0.15) is 5.75 Å². The van der Waals surface area contributed by atoms with Gasteiger partial charge in [0.25, 0.3) is 0 Å². The quantitative estimate of drug-likeness (QED) is 0.771. The van der Waals surface area contributed by atoms with Crippen LogP contribution in [0.4, 0.5) is 0 Å². The first-order valence-corrected chi connectivity index (χ1v) is 4.90. The molecule has 0 bridgehead atoms. The molecule has 1 rings (SSSR count). The second-order valence-corrected chi connectivity index (χ2v) is 3.52. The third-order valence-corrected chi connectivity index (χ3v) is 2.54. The number of hydrogen-bond acceptors (Lipinski definition) is 1. The summed E-state index contributed by atoms with van der Waals surface area (Å²) in [6.07, 6.45) is 2.20. The second kappa shape index (κ2) is 4.51. The molecule has 0 fully saturated rings. The number of methoxy groups -OCH3 is 1. The Bertz CT molecular complexity index is 258. The number of rotatable bonds is 3. The van der Waals surface area contributed by atoms with Crippen molar-refractivity contribution in [2.45, 2.75) is 19.8 Å². The molecule has 0 aliphatic rings. The van der Waals surface area contributed by atoms with E-state index >= 15 is 0 Å². The van der Waals surface area contributed by atoms with Crippen molar-refractivity contribution in [3.8, 4) is 5.75 Å². The Balaban J connectivity index is 3.02. The molecule has 66 valence electrons. The molecule has 0 saturated heterocycles. The van der Waals surface area contributed by atoms with Crippen molar-refractivity contribution in [2.75, 3.05) is 7.11 Å². The fourth-order valence-electron chi connectivity index (χ4n) is 1.22. The predicted molar refractivity (Wildman–Crippen MR) is 54.7 cm³/mol. The van der Waals surface area contributed by atoms with E-state index < -0.39 is 0 Å². The summed E-state index contributed by atoms with van der Waals surface area (Å²) in [6, 6.07) is 6.03. The summed E-state index contributed by atoms with van der Waals surface area (Å²) in [6.45, 7) is 2.17. The molecule has 1 nitrogen and oxygen atoms in total. The fraction of sp³-hybridized carbons (Fsp3) is 0.400. The lowest BCUT2D eigenvalue weighted by atomic mass is 10.1. The Morgan fingerprint density at radius 2 is 2.17 bits per heavy atom. The van der Waals surface area contributed by atoms with Crippen molar-refractivity contribution in [1.82, 2.24) is 0 Å². The van der Waals surface area contributed by atoms with E-state index in [2.05, 4.69) is 22.9 Å². The van der Waals surface area contributed by atoms with Gasteiger partial charge in [0.15, 0.2) is 0 Å². The van der Waals surface area contributed by atoms with Crippen molar-refractivity contribution in [1.29, 1.82) is 0 Å². The highest BCUT2D eigenvalue weighted by molar-refractivity contribution is 9.10. The lowest BCUT2D eigenvalue weighted by molar-refractivity contribution is 0.409. The normalized spacial score (nSPS) is 9.92. The van der Waals surface area contributed by atoms with E-state index in [4.69, 9.17) is 4.74 Å². The molecule has 0 amide bonds. The predicted octanol–water partition coefficient (Wildman–Crippen LogP) is 3.41. The monoisotopic (exact) mass is 228 g/mol. The molecular formula is C10H13BrO. The third-order valence-electron chi connectivity index (χ3n) is 1.80. The van der Waals surface area contributed by atoms with Crippen LogP contribution < -0.4 is 4.74 Å². The van der Waals surface area contributed by atoms with Crippen LogP contribution in [0.3, 0.4) is 0 Å². The van der Waals surface area contributed by atoms with Gasteiger partial charge < -0.3 is 4.74 Å². The Kier molecular flexibility index (Phi) is 3.60. The van der Waals surface area contributed by atoms with E-state index in [0.29, 0.717) is 0 Å². The van der Waals surface area contributed by atoms with Gasteiger partial charge >= 0.3 is 0 Å². The summed E-state index contributed by atoms with van der Waals surface area (Å²) >= 11 is 3.51. The molecule has 0 aliphatic heterocycles. The minimum atomic E-state index is 0.978. The molecule has 1 aromatic carbocycles. The molecule has 0 aromatic heterocycles. The maximum atomic E-state index is 5.25. The van der Waals surface area contributed by atoms with E-state index in [9.17, 15) is 0 Å². The highest BCUT2D eigenvalue weighted by Crippen LogP contribution is 2.27. The van der Waals surface area contributed by atoms with Gasteiger partial charge in [-0.2, -0.15) is 0 Å². The Hall–Kier alpha value is -0.500. The fourth-order valence-corrected chi connectivity index (χ4v) is 1.77. The first-order valence-electron chi connectivity index (χ1n) is 4.11. The largest absolute Gasteiger partial charge is 0.496 e.